The van der Waals surface area contributed by atoms with Crippen molar-refractivity contribution >= 4 is 5.91 Å². The van der Waals surface area contributed by atoms with Crippen molar-refractivity contribution < 1.29 is 4.79 Å². The van der Waals surface area contributed by atoms with Crippen LogP contribution in [0.4, 0.5) is 0 Å². The molecule has 0 aliphatic rings. The molecule has 0 saturated heterocycles. The molecule has 0 aromatic carbocycles. The molecule has 3 N–H and O–H groups in total. The molecule has 1 heterocycles. The second kappa shape index (κ2) is 6.95. The predicted molar refractivity (Wildman–Crippen MR) is 64.0 cm³/mol. The molecule has 1 atom stereocenters. The molecular formula is C12H19N3O. The van der Waals surface area contributed by atoms with E-state index in [1.54, 1.807) is 12.4 Å². The normalized spacial score (nSPS) is 12.1. The molecule has 1 unspecified atom stereocenters. The van der Waals surface area contributed by atoms with Gasteiger partial charge in [0.05, 0.1) is 5.92 Å². The summed E-state index contributed by atoms with van der Waals surface area (Å²) >= 11 is 0. The van der Waals surface area contributed by atoms with Crippen molar-refractivity contribution in [3.05, 3.63) is 30.1 Å². The average molecular weight is 221 g/mol. The number of nitrogens with one attached hydrogen (secondary N) is 1. The number of carbonyl (C=O) groups excluding carboxylic acids is 1. The van der Waals surface area contributed by atoms with Crippen molar-refractivity contribution in [3.63, 3.8) is 0 Å². The number of nitrogens with zero attached hydrogens (tertiary/aromatic N) is 1. The monoisotopic (exact) mass is 221 g/mol. The van der Waals surface area contributed by atoms with Gasteiger partial charge in [-0.1, -0.05) is 6.07 Å². The smallest absolute Gasteiger partial charge is 0.227 e. The van der Waals surface area contributed by atoms with Crippen LogP contribution in [0.1, 0.15) is 31.2 Å². The largest absolute Gasteiger partial charge is 0.356 e. The van der Waals surface area contributed by atoms with E-state index >= 15 is 0 Å². The Labute approximate surface area is 96.3 Å². The standard InChI is InChI=1S/C12H19N3O/c1-2-15-12(16)11(6-3-7-13)10-5-4-8-14-9-10/h4-5,8-9,11H,2-3,6-7,13H2,1H3,(H,15,16). The van der Waals surface area contributed by atoms with Gasteiger partial charge in [-0.25, -0.2) is 0 Å². The Hall–Kier alpha value is -1.42. The predicted octanol–water partition coefficient (Wildman–Crippen LogP) is 1.04. The van der Waals surface area contributed by atoms with Gasteiger partial charge in [-0.3, -0.25) is 9.78 Å². The summed E-state index contributed by atoms with van der Waals surface area (Å²) in [6.07, 6.45) is 5.07. The number of aromatic nitrogens is 1. The zero-order chi connectivity index (χ0) is 11.8. The molecule has 0 saturated carbocycles. The third-order valence-corrected chi connectivity index (χ3v) is 2.45. The molecule has 0 radical (unpaired) electrons. The lowest BCUT2D eigenvalue weighted by molar-refractivity contribution is -0.122. The van der Waals surface area contributed by atoms with Gasteiger partial charge in [-0.2, -0.15) is 0 Å². The van der Waals surface area contributed by atoms with Gasteiger partial charge in [-0.15, -0.1) is 0 Å². The summed E-state index contributed by atoms with van der Waals surface area (Å²) in [6, 6.07) is 3.79. The van der Waals surface area contributed by atoms with Crippen LogP contribution in [-0.4, -0.2) is 24.0 Å². The number of carbonyl (C=O) groups is 1. The minimum absolute atomic E-state index is 0.0592. The van der Waals surface area contributed by atoms with Gasteiger partial charge in [0.1, 0.15) is 0 Å². The maximum atomic E-state index is 11.9. The summed E-state index contributed by atoms with van der Waals surface area (Å²) in [4.78, 5) is 15.9. The third kappa shape index (κ3) is 3.62. The summed E-state index contributed by atoms with van der Waals surface area (Å²) in [5.41, 5.74) is 6.44. The molecule has 4 nitrogen and oxygen atoms in total. The van der Waals surface area contributed by atoms with Crippen molar-refractivity contribution in [2.45, 2.75) is 25.7 Å². The quantitative estimate of drug-likeness (QED) is 0.754. The summed E-state index contributed by atoms with van der Waals surface area (Å²) in [5, 5.41) is 2.85. The van der Waals surface area contributed by atoms with E-state index in [0.29, 0.717) is 13.1 Å². The number of rotatable bonds is 6. The van der Waals surface area contributed by atoms with Gasteiger partial charge >= 0.3 is 0 Å². The molecule has 0 fully saturated rings. The van der Waals surface area contributed by atoms with E-state index < -0.39 is 0 Å². The Bertz CT molecular complexity index is 313. The van der Waals surface area contributed by atoms with E-state index in [1.165, 1.54) is 0 Å². The second-order valence-corrected chi connectivity index (χ2v) is 3.66. The Morgan fingerprint density at radius 1 is 1.62 bits per heavy atom. The first-order valence-corrected chi connectivity index (χ1v) is 5.67. The van der Waals surface area contributed by atoms with Crippen LogP contribution < -0.4 is 11.1 Å². The molecule has 0 aliphatic carbocycles. The molecule has 1 aromatic rings. The molecule has 0 bridgehead atoms. The SMILES string of the molecule is CCNC(=O)C(CCCN)c1cccnc1. The first-order valence-electron chi connectivity index (χ1n) is 5.67. The minimum atomic E-state index is -0.128. The Balaban J connectivity index is 2.74. The van der Waals surface area contributed by atoms with Crippen LogP contribution in [0, 0.1) is 0 Å². The number of hydrogen-bond acceptors (Lipinski definition) is 3. The number of pyridine rings is 1. The molecule has 0 spiro atoms. The van der Waals surface area contributed by atoms with Crippen molar-refractivity contribution in [3.8, 4) is 0 Å². The second-order valence-electron chi connectivity index (χ2n) is 3.66. The molecular weight excluding hydrogens is 202 g/mol. The van der Waals surface area contributed by atoms with Gasteiger partial charge in [0.15, 0.2) is 0 Å². The number of hydrogen-bond donors (Lipinski definition) is 2. The van der Waals surface area contributed by atoms with Gasteiger partial charge in [0.2, 0.25) is 5.91 Å². The maximum Gasteiger partial charge on any atom is 0.227 e. The average Bonchev–Trinajstić information content (AvgIpc) is 2.31. The topological polar surface area (TPSA) is 68.0 Å². The third-order valence-electron chi connectivity index (χ3n) is 2.45. The zero-order valence-corrected chi connectivity index (χ0v) is 9.65. The highest BCUT2D eigenvalue weighted by Gasteiger charge is 2.19. The minimum Gasteiger partial charge on any atom is -0.356 e. The Kier molecular flexibility index (Phi) is 5.50. The van der Waals surface area contributed by atoms with Crippen LogP contribution in [0.5, 0.6) is 0 Å². The van der Waals surface area contributed by atoms with Crippen LogP contribution in [0.3, 0.4) is 0 Å². The van der Waals surface area contributed by atoms with Crippen LogP contribution >= 0.6 is 0 Å². The van der Waals surface area contributed by atoms with Gasteiger partial charge in [-0.05, 0) is 37.9 Å². The fourth-order valence-electron chi connectivity index (χ4n) is 1.65. The molecule has 0 aliphatic heterocycles. The molecule has 4 heteroatoms. The first-order chi connectivity index (χ1) is 7.79. The van der Waals surface area contributed by atoms with E-state index in [-0.39, 0.29) is 11.8 Å². The molecule has 1 rings (SSSR count). The summed E-state index contributed by atoms with van der Waals surface area (Å²) in [6.45, 7) is 3.18. The lowest BCUT2D eigenvalue weighted by atomic mass is 9.94. The van der Waals surface area contributed by atoms with Crippen molar-refractivity contribution in [2.24, 2.45) is 5.73 Å². The fourth-order valence-corrected chi connectivity index (χ4v) is 1.65. The van der Waals surface area contributed by atoms with E-state index in [2.05, 4.69) is 10.3 Å². The van der Waals surface area contributed by atoms with E-state index in [4.69, 9.17) is 5.73 Å². The lowest BCUT2D eigenvalue weighted by Gasteiger charge is -2.15. The van der Waals surface area contributed by atoms with Gasteiger partial charge in [0.25, 0.3) is 0 Å². The molecule has 16 heavy (non-hydrogen) atoms. The number of likely N-dealkylation sites (N-methyl/N-ethyl adjacent to an activating group) is 1. The van der Waals surface area contributed by atoms with Gasteiger partial charge < -0.3 is 11.1 Å². The summed E-state index contributed by atoms with van der Waals surface area (Å²) in [5.74, 6) is -0.0684. The van der Waals surface area contributed by atoms with Crippen molar-refractivity contribution in [1.29, 1.82) is 0 Å². The lowest BCUT2D eigenvalue weighted by Crippen LogP contribution is -2.29. The maximum absolute atomic E-state index is 11.9. The van der Waals surface area contributed by atoms with Crippen molar-refractivity contribution in [1.82, 2.24) is 10.3 Å². The molecule has 1 amide bonds. The van der Waals surface area contributed by atoms with Crippen molar-refractivity contribution in [2.75, 3.05) is 13.1 Å². The summed E-state index contributed by atoms with van der Waals surface area (Å²) in [7, 11) is 0. The molecule has 88 valence electrons. The van der Waals surface area contributed by atoms with Gasteiger partial charge in [0, 0.05) is 18.9 Å². The fraction of sp³-hybridized carbons (Fsp3) is 0.500. The summed E-state index contributed by atoms with van der Waals surface area (Å²) < 4.78 is 0. The first kappa shape index (κ1) is 12.6. The zero-order valence-electron chi connectivity index (χ0n) is 9.65. The van der Waals surface area contributed by atoms with Crippen LogP contribution in [0.2, 0.25) is 0 Å². The van der Waals surface area contributed by atoms with Crippen LogP contribution in [-0.2, 0) is 4.79 Å². The van der Waals surface area contributed by atoms with Crippen LogP contribution in [0.25, 0.3) is 0 Å². The molecule has 1 aromatic heterocycles. The highest BCUT2D eigenvalue weighted by molar-refractivity contribution is 5.83. The number of amides is 1. The highest BCUT2D eigenvalue weighted by atomic mass is 16.1. The Morgan fingerprint density at radius 2 is 2.44 bits per heavy atom. The van der Waals surface area contributed by atoms with E-state index in [9.17, 15) is 4.79 Å². The van der Waals surface area contributed by atoms with E-state index in [0.717, 1.165) is 18.4 Å². The van der Waals surface area contributed by atoms with E-state index in [1.807, 2.05) is 19.1 Å². The highest BCUT2D eigenvalue weighted by Crippen LogP contribution is 2.20. The van der Waals surface area contributed by atoms with Crippen LogP contribution in [0.15, 0.2) is 24.5 Å². The number of nitrogens with two attached hydrogens (primary N) is 1. The Morgan fingerprint density at radius 3 is 3.00 bits per heavy atom.